The van der Waals surface area contributed by atoms with Gasteiger partial charge in [0.25, 0.3) is 0 Å². The van der Waals surface area contributed by atoms with Gasteiger partial charge in [-0.25, -0.2) is 4.79 Å². The van der Waals surface area contributed by atoms with Gasteiger partial charge in [0.05, 0.1) is 12.6 Å². The van der Waals surface area contributed by atoms with Crippen LogP contribution in [-0.2, 0) is 19.1 Å². The van der Waals surface area contributed by atoms with Gasteiger partial charge in [0.1, 0.15) is 6.10 Å². The minimum Gasteiger partial charge on any atom is -0.547 e. The molecule has 68 valence electrons. The number of carbonyl (C=O) groups excluding carboxylic acids is 2. The van der Waals surface area contributed by atoms with E-state index in [9.17, 15) is 14.7 Å². The topological polar surface area (TPSA) is 79.0 Å². The highest BCUT2D eigenvalue weighted by molar-refractivity contribution is 5.88. The second-order valence-electron chi connectivity index (χ2n) is 2.46. The lowest BCUT2D eigenvalue weighted by Crippen LogP contribution is -2.31. The smallest absolute Gasteiger partial charge is 0.338 e. The molecule has 1 heterocycles. The number of esters is 1. The SMILES string of the molecule is CCCOC(=O)C1OC1C(=O)[O-]. The maximum absolute atomic E-state index is 10.8. The van der Waals surface area contributed by atoms with Gasteiger partial charge in [-0.05, 0) is 6.42 Å². The van der Waals surface area contributed by atoms with Gasteiger partial charge in [-0.1, -0.05) is 6.92 Å². The maximum atomic E-state index is 10.8. The fraction of sp³-hybridized carbons (Fsp3) is 0.714. The van der Waals surface area contributed by atoms with Crippen molar-refractivity contribution in [3.05, 3.63) is 0 Å². The largest absolute Gasteiger partial charge is 0.547 e. The third kappa shape index (κ3) is 1.94. The Kier molecular flexibility index (Phi) is 2.65. The number of ether oxygens (including phenoxy) is 2. The third-order valence-electron chi connectivity index (χ3n) is 1.40. The molecule has 5 nitrogen and oxygen atoms in total. The zero-order valence-corrected chi connectivity index (χ0v) is 6.61. The normalized spacial score (nSPS) is 26.4. The monoisotopic (exact) mass is 173 g/mol. The van der Waals surface area contributed by atoms with Gasteiger partial charge in [-0.15, -0.1) is 0 Å². The molecule has 0 aliphatic carbocycles. The standard InChI is InChI=1S/C7H10O5/c1-2-3-11-7(10)5-4(12-5)6(8)9/h4-5H,2-3H2,1H3,(H,8,9)/p-1. The maximum Gasteiger partial charge on any atom is 0.338 e. The molecule has 0 aromatic heterocycles. The van der Waals surface area contributed by atoms with Crippen molar-refractivity contribution >= 4 is 11.9 Å². The van der Waals surface area contributed by atoms with Gasteiger partial charge in [0, 0.05) is 0 Å². The summed E-state index contributed by atoms with van der Waals surface area (Å²) < 4.78 is 9.14. The lowest BCUT2D eigenvalue weighted by atomic mass is 10.3. The van der Waals surface area contributed by atoms with Crippen LogP contribution in [0.15, 0.2) is 0 Å². The molecular weight excluding hydrogens is 164 g/mol. The second kappa shape index (κ2) is 3.53. The fourth-order valence-electron chi connectivity index (χ4n) is 0.756. The Labute approximate surface area is 69.3 Å². The molecule has 1 saturated heterocycles. The first kappa shape index (κ1) is 8.99. The number of aliphatic carboxylic acids is 1. The number of hydrogen-bond donors (Lipinski definition) is 0. The molecule has 0 saturated carbocycles. The van der Waals surface area contributed by atoms with E-state index in [4.69, 9.17) is 0 Å². The molecule has 0 amide bonds. The minimum absolute atomic E-state index is 0.290. The van der Waals surface area contributed by atoms with Crippen LogP contribution < -0.4 is 5.11 Å². The number of carbonyl (C=O) groups is 2. The van der Waals surface area contributed by atoms with Crippen LogP contribution in [0, 0.1) is 0 Å². The average Bonchev–Trinajstić information content (AvgIpc) is 2.78. The van der Waals surface area contributed by atoms with Gasteiger partial charge in [0.2, 0.25) is 0 Å². The van der Waals surface area contributed by atoms with Crippen molar-refractivity contribution in [3.8, 4) is 0 Å². The summed E-state index contributed by atoms with van der Waals surface area (Å²) in [7, 11) is 0. The highest BCUT2D eigenvalue weighted by Gasteiger charge is 2.47. The summed E-state index contributed by atoms with van der Waals surface area (Å²) in [4.78, 5) is 20.9. The quantitative estimate of drug-likeness (QED) is 0.380. The Balaban J connectivity index is 2.24. The summed E-state index contributed by atoms with van der Waals surface area (Å²) in [6.07, 6.45) is -1.34. The van der Waals surface area contributed by atoms with Crippen LogP contribution >= 0.6 is 0 Å². The summed E-state index contributed by atoms with van der Waals surface area (Å²) >= 11 is 0. The molecule has 0 radical (unpaired) electrons. The molecule has 12 heavy (non-hydrogen) atoms. The number of hydrogen-bond acceptors (Lipinski definition) is 5. The zero-order chi connectivity index (χ0) is 9.14. The van der Waals surface area contributed by atoms with E-state index in [1.165, 1.54) is 0 Å². The van der Waals surface area contributed by atoms with Crippen molar-refractivity contribution in [3.63, 3.8) is 0 Å². The number of epoxide rings is 1. The molecule has 1 fully saturated rings. The second-order valence-corrected chi connectivity index (χ2v) is 2.46. The highest BCUT2D eigenvalue weighted by Crippen LogP contribution is 2.22. The van der Waals surface area contributed by atoms with Crippen LogP contribution in [0.3, 0.4) is 0 Å². The van der Waals surface area contributed by atoms with Gasteiger partial charge in [-0.3, -0.25) is 0 Å². The number of rotatable bonds is 4. The molecule has 1 aliphatic heterocycles. The fourth-order valence-corrected chi connectivity index (χ4v) is 0.756. The van der Waals surface area contributed by atoms with E-state index in [0.717, 1.165) is 0 Å². The summed E-state index contributed by atoms with van der Waals surface area (Å²) in [5, 5.41) is 10.1. The first-order chi connectivity index (χ1) is 5.66. The van der Waals surface area contributed by atoms with Gasteiger partial charge >= 0.3 is 5.97 Å². The highest BCUT2D eigenvalue weighted by atomic mass is 16.7. The Morgan fingerprint density at radius 3 is 2.58 bits per heavy atom. The zero-order valence-electron chi connectivity index (χ0n) is 6.61. The van der Waals surface area contributed by atoms with Crippen LogP contribution in [0.25, 0.3) is 0 Å². The van der Waals surface area contributed by atoms with Crippen molar-refractivity contribution in [1.29, 1.82) is 0 Å². The van der Waals surface area contributed by atoms with E-state index in [1.807, 2.05) is 6.92 Å². The summed E-state index contributed by atoms with van der Waals surface area (Å²) in [6, 6.07) is 0. The Bertz CT molecular complexity index is 200. The number of carboxylic acids is 1. The first-order valence-electron chi connectivity index (χ1n) is 3.69. The van der Waals surface area contributed by atoms with Crippen LogP contribution in [0.5, 0.6) is 0 Å². The Morgan fingerprint density at radius 1 is 1.50 bits per heavy atom. The first-order valence-corrected chi connectivity index (χ1v) is 3.69. The van der Waals surface area contributed by atoms with Crippen molar-refractivity contribution in [2.24, 2.45) is 0 Å². The molecule has 0 aromatic carbocycles. The van der Waals surface area contributed by atoms with Crippen LogP contribution in [0.1, 0.15) is 13.3 Å². The van der Waals surface area contributed by atoms with Crippen LogP contribution in [0.4, 0.5) is 0 Å². The van der Waals surface area contributed by atoms with E-state index in [0.29, 0.717) is 13.0 Å². The van der Waals surface area contributed by atoms with E-state index in [1.54, 1.807) is 0 Å². The lowest BCUT2D eigenvalue weighted by Gasteiger charge is -1.98. The third-order valence-corrected chi connectivity index (χ3v) is 1.40. The molecule has 0 spiro atoms. The van der Waals surface area contributed by atoms with Crippen molar-refractivity contribution in [2.45, 2.75) is 25.6 Å². The van der Waals surface area contributed by atoms with Crippen molar-refractivity contribution < 1.29 is 24.2 Å². The Hall–Kier alpha value is -1.10. The van der Waals surface area contributed by atoms with Crippen LogP contribution in [-0.4, -0.2) is 30.8 Å². The summed E-state index contributed by atoms with van der Waals surface area (Å²) in [5.41, 5.74) is 0. The predicted molar refractivity (Wildman–Crippen MR) is 34.9 cm³/mol. The van der Waals surface area contributed by atoms with Crippen molar-refractivity contribution in [1.82, 2.24) is 0 Å². The van der Waals surface area contributed by atoms with E-state index >= 15 is 0 Å². The summed E-state index contributed by atoms with van der Waals surface area (Å²) in [5.74, 6) is -1.99. The predicted octanol–water partition coefficient (Wildman–Crippen LogP) is -1.54. The molecule has 0 aromatic rings. The van der Waals surface area contributed by atoms with E-state index in [2.05, 4.69) is 9.47 Å². The van der Waals surface area contributed by atoms with Gasteiger partial charge in [-0.2, -0.15) is 0 Å². The van der Waals surface area contributed by atoms with E-state index < -0.39 is 24.1 Å². The molecular formula is C7H9O5-. The van der Waals surface area contributed by atoms with Crippen LogP contribution in [0.2, 0.25) is 0 Å². The average molecular weight is 173 g/mol. The van der Waals surface area contributed by atoms with Gasteiger partial charge in [0.15, 0.2) is 6.10 Å². The molecule has 0 bridgehead atoms. The minimum atomic E-state index is -1.37. The van der Waals surface area contributed by atoms with E-state index in [-0.39, 0.29) is 0 Å². The molecule has 1 aliphatic rings. The lowest BCUT2D eigenvalue weighted by molar-refractivity contribution is -0.307. The van der Waals surface area contributed by atoms with Gasteiger partial charge < -0.3 is 19.4 Å². The molecule has 2 unspecified atom stereocenters. The molecule has 0 N–H and O–H groups in total. The molecule has 5 heteroatoms. The van der Waals surface area contributed by atoms with Crippen molar-refractivity contribution in [2.75, 3.05) is 6.61 Å². The number of carboxylic acid groups (broad SMARTS) is 1. The molecule has 1 rings (SSSR count). The summed E-state index contributed by atoms with van der Waals surface area (Å²) in [6.45, 7) is 2.13. The molecule has 2 atom stereocenters. The Morgan fingerprint density at radius 2 is 2.17 bits per heavy atom.